The average Bonchev–Trinajstić information content (AvgIpc) is 1.86. The van der Waals surface area contributed by atoms with Crippen LogP contribution < -0.4 is 0 Å². The third-order valence-electron chi connectivity index (χ3n) is 1.99. The smallest absolute Gasteiger partial charge is 0.135 e. The number of hydrogen-bond acceptors (Lipinski definition) is 2. The van der Waals surface area contributed by atoms with E-state index in [1.54, 1.807) is 0 Å². The first kappa shape index (κ1) is 10.3. The molecule has 0 amide bonds. The summed E-state index contributed by atoms with van der Waals surface area (Å²) >= 11 is 0. The first-order valence-corrected chi connectivity index (χ1v) is 3.93. The maximum absolute atomic E-state index is 11.0. The Morgan fingerprint density at radius 2 is 1.73 bits per heavy atom. The van der Waals surface area contributed by atoms with Gasteiger partial charge in [-0.3, -0.25) is 9.59 Å². The molecule has 11 heavy (non-hydrogen) atoms. The van der Waals surface area contributed by atoms with Crippen molar-refractivity contribution in [1.82, 2.24) is 0 Å². The van der Waals surface area contributed by atoms with Crippen LogP contribution in [-0.2, 0) is 9.59 Å². The summed E-state index contributed by atoms with van der Waals surface area (Å²) < 4.78 is 0. The molecular formula is C9H16O2. The quantitative estimate of drug-likeness (QED) is 0.623. The van der Waals surface area contributed by atoms with E-state index in [2.05, 4.69) is 0 Å². The molecule has 0 fully saturated rings. The predicted molar refractivity (Wildman–Crippen MR) is 44.4 cm³/mol. The van der Waals surface area contributed by atoms with Crippen molar-refractivity contribution in [2.24, 2.45) is 5.41 Å². The van der Waals surface area contributed by atoms with Gasteiger partial charge in [-0.25, -0.2) is 0 Å². The molecule has 0 aromatic rings. The SMILES string of the molecule is CCC(=O)CC(C)(C)C(C)=O. The second-order valence-electron chi connectivity index (χ2n) is 3.51. The molecule has 64 valence electrons. The molecule has 0 saturated carbocycles. The molecule has 0 heterocycles. The first-order chi connectivity index (χ1) is 4.90. The summed E-state index contributed by atoms with van der Waals surface area (Å²) in [6.07, 6.45) is 0.898. The monoisotopic (exact) mass is 156 g/mol. The standard InChI is InChI=1S/C9H16O2/c1-5-8(11)6-9(3,4)7(2)10/h5-6H2,1-4H3. The summed E-state index contributed by atoms with van der Waals surface area (Å²) in [5, 5.41) is 0. The molecular weight excluding hydrogens is 140 g/mol. The second kappa shape index (κ2) is 3.65. The van der Waals surface area contributed by atoms with Gasteiger partial charge in [0.2, 0.25) is 0 Å². The van der Waals surface area contributed by atoms with Crippen LogP contribution in [0.1, 0.15) is 40.5 Å². The molecule has 0 N–H and O–H groups in total. The lowest BCUT2D eigenvalue weighted by Gasteiger charge is -2.19. The topological polar surface area (TPSA) is 34.1 Å². The zero-order chi connectivity index (χ0) is 9.07. The molecule has 0 rings (SSSR count). The Bertz CT molecular complexity index is 168. The van der Waals surface area contributed by atoms with Crippen molar-refractivity contribution in [3.8, 4) is 0 Å². The van der Waals surface area contributed by atoms with Crippen LogP contribution in [0.15, 0.2) is 0 Å². The minimum absolute atomic E-state index is 0.0827. The minimum Gasteiger partial charge on any atom is -0.300 e. The number of rotatable bonds is 4. The third kappa shape index (κ3) is 3.30. The van der Waals surface area contributed by atoms with Gasteiger partial charge in [-0.05, 0) is 6.92 Å². The molecule has 0 aliphatic heterocycles. The number of Topliss-reactive ketones (excluding diaryl/α,β-unsaturated/α-hetero) is 2. The number of hydrogen-bond donors (Lipinski definition) is 0. The molecule has 2 heteroatoms. The highest BCUT2D eigenvalue weighted by molar-refractivity contribution is 5.88. The molecule has 0 aliphatic carbocycles. The van der Waals surface area contributed by atoms with E-state index in [1.165, 1.54) is 6.92 Å². The van der Waals surface area contributed by atoms with E-state index in [1.807, 2.05) is 20.8 Å². The average molecular weight is 156 g/mol. The molecule has 0 unspecified atom stereocenters. The van der Waals surface area contributed by atoms with Crippen LogP contribution in [0.4, 0.5) is 0 Å². The summed E-state index contributed by atoms with van der Waals surface area (Å²) in [6.45, 7) is 6.97. The lowest BCUT2D eigenvalue weighted by Crippen LogP contribution is -2.24. The zero-order valence-electron chi connectivity index (χ0n) is 7.73. The molecule has 0 aromatic carbocycles. The Balaban J connectivity index is 4.12. The molecule has 0 bridgehead atoms. The van der Waals surface area contributed by atoms with Gasteiger partial charge in [-0.15, -0.1) is 0 Å². The Morgan fingerprint density at radius 1 is 1.27 bits per heavy atom. The van der Waals surface area contributed by atoms with Gasteiger partial charge in [0.25, 0.3) is 0 Å². The minimum atomic E-state index is -0.465. The Kier molecular flexibility index (Phi) is 3.43. The van der Waals surface area contributed by atoms with E-state index in [0.29, 0.717) is 12.8 Å². The fraction of sp³-hybridized carbons (Fsp3) is 0.778. The van der Waals surface area contributed by atoms with Crippen molar-refractivity contribution in [1.29, 1.82) is 0 Å². The Morgan fingerprint density at radius 3 is 2.00 bits per heavy atom. The summed E-state index contributed by atoms with van der Waals surface area (Å²) in [5.41, 5.74) is -0.465. The molecule has 0 aliphatic rings. The van der Waals surface area contributed by atoms with Gasteiger partial charge in [-0.2, -0.15) is 0 Å². The van der Waals surface area contributed by atoms with Crippen molar-refractivity contribution in [2.45, 2.75) is 40.5 Å². The van der Waals surface area contributed by atoms with E-state index in [4.69, 9.17) is 0 Å². The first-order valence-electron chi connectivity index (χ1n) is 3.93. The van der Waals surface area contributed by atoms with Crippen molar-refractivity contribution in [2.75, 3.05) is 0 Å². The van der Waals surface area contributed by atoms with Crippen LogP contribution in [0, 0.1) is 5.41 Å². The maximum Gasteiger partial charge on any atom is 0.135 e. The number of ketones is 2. The lowest BCUT2D eigenvalue weighted by atomic mass is 9.83. The molecule has 0 radical (unpaired) electrons. The fourth-order valence-corrected chi connectivity index (χ4v) is 0.742. The number of carbonyl (C=O) groups is 2. The zero-order valence-corrected chi connectivity index (χ0v) is 7.73. The Labute approximate surface area is 68.0 Å². The molecule has 0 aromatic heterocycles. The van der Waals surface area contributed by atoms with Crippen molar-refractivity contribution >= 4 is 11.6 Å². The van der Waals surface area contributed by atoms with E-state index >= 15 is 0 Å². The largest absolute Gasteiger partial charge is 0.300 e. The van der Waals surface area contributed by atoms with Gasteiger partial charge in [0.05, 0.1) is 0 Å². The van der Waals surface area contributed by atoms with Crippen LogP contribution in [0.5, 0.6) is 0 Å². The van der Waals surface area contributed by atoms with Gasteiger partial charge in [0, 0.05) is 18.3 Å². The van der Waals surface area contributed by atoms with E-state index < -0.39 is 5.41 Å². The van der Waals surface area contributed by atoms with Crippen LogP contribution in [-0.4, -0.2) is 11.6 Å². The lowest BCUT2D eigenvalue weighted by molar-refractivity contribution is -0.130. The fourth-order valence-electron chi connectivity index (χ4n) is 0.742. The normalized spacial score (nSPS) is 11.3. The second-order valence-corrected chi connectivity index (χ2v) is 3.51. The predicted octanol–water partition coefficient (Wildman–Crippen LogP) is 1.97. The maximum atomic E-state index is 11.0. The van der Waals surface area contributed by atoms with Crippen LogP contribution in [0.25, 0.3) is 0 Å². The summed E-state index contributed by atoms with van der Waals surface area (Å²) in [7, 11) is 0. The van der Waals surface area contributed by atoms with E-state index in [-0.39, 0.29) is 11.6 Å². The summed E-state index contributed by atoms with van der Waals surface area (Å²) in [5.74, 6) is 0.240. The van der Waals surface area contributed by atoms with Gasteiger partial charge in [-0.1, -0.05) is 20.8 Å². The highest BCUT2D eigenvalue weighted by atomic mass is 16.1. The number of carbonyl (C=O) groups excluding carboxylic acids is 2. The molecule has 0 saturated heterocycles. The van der Waals surface area contributed by atoms with E-state index in [0.717, 1.165) is 0 Å². The molecule has 0 atom stereocenters. The van der Waals surface area contributed by atoms with Crippen molar-refractivity contribution in [3.05, 3.63) is 0 Å². The van der Waals surface area contributed by atoms with Crippen molar-refractivity contribution in [3.63, 3.8) is 0 Å². The third-order valence-corrected chi connectivity index (χ3v) is 1.99. The summed E-state index contributed by atoms with van der Waals surface area (Å²) in [6, 6.07) is 0. The van der Waals surface area contributed by atoms with Crippen LogP contribution in [0.2, 0.25) is 0 Å². The van der Waals surface area contributed by atoms with Crippen LogP contribution in [0.3, 0.4) is 0 Å². The highest BCUT2D eigenvalue weighted by Gasteiger charge is 2.25. The van der Waals surface area contributed by atoms with Gasteiger partial charge < -0.3 is 0 Å². The highest BCUT2D eigenvalue weighted by Crippen LogP contribution is 2.22. The van der Waals surface area contributed by atoms with Crippen molar-refractivity contribution < 1.29 is 9.59 Å². The molecule has 2 nitrogen and oxygen atoms in total. The molecule has 0 spiro atoms. The van der Waals surface area contributed by atoms with Crippen LogP contribution >= 0.6 is 0 Å². The Hall–Kier alpha value is -0.660. The van der Waals surface area contributed by atoms with Gasteiger partial charge in [0.1, 0.15) is 11.6 Å². The van der Waals surface area contributed by atoms with Gasteiger partial charge >= 0.3 is 0 Å². The van der Waals surface area contributed by atoms with E-state index in [9.17, 15) is 9.59 Å². The van der Waals surface area contributed by atoms with Gasteiger partial charge in [0.15, 0.2) is 0 Å². The summed E-state index contributed by atoms with van der Waals surface area (Å²) in [4.78, 5) is 21.9.